The van der Waals surface area contributed by atoms with Gasteiger partial charge in [-0.15, -0.1) is 0 Å². The molecule has 1 amide bonds. The predicted octanol–water partition coefficient (Wildman–Crippen LogP) is 5.55. The molecule has 0 spiro atoms. The number of nitrogens with zero attached hydrogens (tertiary/aromatic N) is 1. The molecule has 0 saturated heterocycles. The highest BCUT2D eigenvalue weighted by Gasteiger charge is 2.16. The Balaban J connectivity index is 1.69. The van der Waals surface area contributed by atoms with Crippen molar-refractivity contribution < 1.29 is 4.79 Å². The lowest BCUT2D eigenvalue weighted by molar-refractivity contribution is -0.118. The van der Waals surface area contributed by atoms with Gasteiger partial charge in [0.25, 0.3) is 0 Å². The fourth-order valence-electron chi connectivity index (χ4n) is 3.04. The van der Waals surface area contributed by atoms with E-state index in [4.69, 9.17) is 0 Å². The van der Waals surface area contributed by atoms with Crippen molar-refractivity contribution in [1.29, 1.82) is 0 Å². The molecule has 0 aliphatic rings. The summed E-state index contributed by atoms with van der Waals surface area (Å²) in [5, 5.41) is 0. The van der Waals surface area contributed by atoms with Crippen LogP contribution >= 0.6 is 0 Å². The lowest BCUT2D eigenvalue weighted by atomic mass is 10.1. The molecule has 0 N–H and O–H groups in total. The molecule has 3 aromatic carbocycles. The first-order chi connectivity index (χ1) is 12.7. The van der Waals surface area contributed by atoms with Gasteiger partial charge in [-0.05, 0) is 43.0 Å². The molecule has 0 heterocycles. The van der Waals surface area contributed by atoms with Crippen molar-refractivity contribution in [2.75, 3.05) is 4.90 Å². The Morgan fingerprint density at radius 2 is 1.35 bits per heavy atom. The largest absolute Gasteiger partial charge is 0.308 e. The van der Waals surface area contributed by atoms with E-state index in [0.717, 1.165) is 24.1 Å². The van der Waals surface area contributed by atoms with Gasteiger partial charge in [0.15, 0.2) is 0 Å². The Labute approximate surface area is 156 Å². The van der Waals surface area contributed by atoms with Gasteiger partial charge in [0.1, 0.15) is 0 Å². The zero-order chi connectivity index (χ0) is 18.2. The van der Waals surface area contributed by atoms with Gasteiger partial charge in [-0.2, -0.15) is 0 Å². The van der Waals surface area contributed by atoms with Gasteiger partial charge in [0, 0.05) is 12.1 Å². The number of anilines is 1. The summed E-state index contributed by atoms with van der Waals surface area (Å²) >= 11 is 0. The van der Waals surface area contributed by atoms with E-state index in [9.17, 15) is 4.79 Å². The maximum atomic E-state index is 12.9. The Bertz CT molecular complexity index is 810. The molecule has 2 heteroatoms. The van der Waals surface area contributed by atoms with Crippen molar-refractivity contribution in [3.63, 3.8) is 0 Å². The molecule has 0 fully saturated rings. The molecule has 0 radical (unpaired) electrons. The molecular formula is C24H25NO. The van der Waals surface area contributed by atoms with Gasteiger partial charge >= 0.3 is 0 Å². The number of carbonyl (C=O) groups is 1. The molecule has 0 unspecified atom stereocenters. The van der Waals surface area contributed by atoms with Gasteiger partial charge in [0.2, 0.25) is 5.91 Å². The first-order valence-corrected chi connectivity index (χ1v) is 9.17. The molecule has 2 nitrogen and oxygen atoms in total. The van der Waals surface area contributed by atoms with Crippen LogP contribution in [-0.4, -0.2) is 5.91 Å². The summed E-state index contributed by atoms with van der Waals surface area (Å²) in [5.74, 6) is 0.175. The number of benzene rings is 3. The summed E-state index contributed by atoms with van der Waals surface area (Å²) in [7, 11) is 0. The summed E-state index contributed by atoms with van der Waals surface area (Å²) in [5.41, 5.74) is 4.59. The van der Waals surface area contributed by atoms with Crippen LogP contribution in [0.5, 0.6) is 0 Å². The van der Waals surface area contributed by atoms with Crippen LogP contribution in [0, 0.1) is 6.92 Å². The van der Waals surface area contributed by atoms with E-state index >= 15 is 0 Å². The number of aryl methyl sites for hydroxylation is 2. The third-order valence-corrected chi connectivity index (χ3v) is 4.53. The molecule has 0 aromatic heterocycles. The summed E-state index contributed by atoms with van der Waals surface area (Å²) in [6.07, 6.45) is 2.34. The molecule has 3 aromatic rings. The number of amides is 1. The second kappa shape index (κ2) is 9.00. The SMILES string of the molecule is Cc1ccc(N(Cc2ccccc2)C(=O)CCCc2ccccc2)cc1. The van der Waals surface area contributed by atoms with Crippen LogP contribution in [-0.2, 0) is 17.8 Å². The van der Waals surface area contributed by atoms with E-state index in [-0.39, 0.29) is 5.91 Å². The minimum absolute atomic E-state index is 0.175. The van der Waals surface area contributed by atoms with Gasteiger partial charge in [-0.1, -0.05) is 78.4 Å². The van der Waals surface area contributed by atoms with Gasteiger partial charge in [-0.25, -0.2) is 0 Å². The van der Waals surface area contributed by atoms with Gasteiger partial charge in [-0.3, -0.25) is 4.79 Å². The molecule has 0 atom stereocenters. The monoisotopic (exact) mass is 343 g/mol. The van der Waals surface area contributed by atoms with E-state index in [1.807, 2.05) is 53.4 Å². The van der Waals surface area contributed by atoms with Crippen molar-refractivity contribution >= 4 is 11.6 Å². The third kappa shape index (κ3) is 5.06. The smallest absolute Gasteiger partial charge is 0.227 e. The normalized spacial score (nSPS) is 10.5. The minimum Gasteiger partial charge on any atom is -0.308 e. The second-order valence-electron chi connectivity index (χ2n) is 6.64. The number of carbonyl (C=O) groups excluding carboxylic acids is 1. The maximum Gasteiger partial charge on any atom is 0.227 e. The zero-order valence-corrected chi connectivity index (χ0v) is 15.3. The highest BCUT2D eigenvalue weighted by molar-refractivity contribution is 5.93. The summed E-state index contributed by atoms with van der Waals surface area (Å²) in [4.78, 5) is 14.9. The topological polar surface area (TPSA) is 20.3 Å². The average molecular weight is 343 g/mol. The van der Waals surface area contributed by atoms with Crippen molar-refractivity contribution in [3.8, 4) is 0 Å². The lowest BCUT2D eigenvalue weighted by Crippen LogP contribution is -2.30. The fraction of sp³-hybridized carbons (Fsp3) is 0.208. The lowest BCUT2D eigenvalue weighted by Gasteiger charge is -2.23. The standard InChI is InChI=1S/C24H25NO/c1-20-15-17-23(18-16-20)25(19-22-11-6-3-7-12-22)24(26)14-8-13-21-9-4-2-5-10-21/h2-7,9-12,15-18H,8,13-14,19H2,1H3. The Morgan fingerprint density at radius 1 is 0.769 bits per heavy atom. The molecular weight excluding hydrogens is 318 g/mol. The quantitative estimate of drug-likeness (QED) is 0.551. The molecule has 0 aliphatic heterocycles. The van der Waals surface area contributed by atoms with Crippen LogP contribution in [0.25, 0.3) is 0 Å². The predicted molar refractivity (Wildman–Crippen MR) is 108 cm³/mol. The van der Waals surface area contributed by atoms with Crippen LogP contribution in [0.4, 0.5) is 5.69 Å². The Kier molecular flexibility index (Phi) is 6.21. The fourth-order valence-corrected chi connectivity index (χ4v) is 3.04. The van der Waals surface area contributed by atoms with Crippen molar-refractivity contribution in [2.45, 2.75) is 32.7 Å². The highest BCUT2D eigenvalue weighted by atomic mass is 16.2. The highest BCUT2D eigenvalue weighted by Crippen LogP contribution is 2.20. The Morgan fingerprint density at radius 3 is 1.96 bits per heavy atom. The number of hydrogen-bond donors (Lipinski definition) is 0. The summed E-state index contributed by atoms with van der Waals surface area (Å²) in [6, 6.07) is 28.7. The Hall–Kier alpha value is -2.87. The van der Waals surface area contributed by atoms with Crippen LogP contribution in [0.1, 0.15) is 29.5 Å². The van der Waals surface area contributed by atoms with Crippen molar-refractivity contribution in [3.05, 3.63) is 102 Å². The molecule has 26 heavy (non-hydrogen) atoms. The average Bonchev–Trinajstić information content (AvgIpc) is 2.68. The van der Waals surface area contributed by atoms with E-state index in [2.05, 4.69) is 43.3 Å². The molecule has 0 bridgehead atoms. The van der Waals surface area contributed by atoms with E-state index < -0.39 is 0 Å². The number of rotatable bonds is 7. The maximum absolute atomic E-state index is 12.9. The second-order valence-corrected chi connectivity index (χ2v) is 6.64. The van der Waals surface area contributed by atoms with Gasteiger partial charge in [0.05, 0.1) is 6.54 Å². The minimum atomic E-state index is 0.175. The first-order valence-electron chi connectivity index (χ1n) is 9.17. The van der Waals surface area contributed by atoms with Crippen LogP contribution in [0.2, 0.25) is 0 Å². The van der Waals surface area contributed by atoms with Gasteiger partial charge < -0.3 is 4.90 Å². The molecule has 3 rings (SSSR count). The molecule has 132 valence electrons. The van der Waals surface area contributed by atoms with E-state index in [1.165, 1.54) is 11.1 Å². The third-order valence-electron chi connectivity index (χ3n) is 4.53. The number of hydrogen-bond acceptors (Lipinski definition) is 1. The van der Waals surface area contributed by atoms with Crippen LogP contribution in [0.15, 0.2) is 84.9 Å². The van der Waals surface area contributed by atoms with E-state index in [0.29, 0.717) is 13.0 Å². The molecule has 0 aliphatic carbocycles. The van der Waals surface area contributed by atoms with Crippen LogP contribution < -0.4 is 4.90 Å². The molecule has 0 saturated carbocycles. The van der Waals surface area contributed by atoms with Crippen LogP contribution in [0.3, 0.4) is 0 Å². The van der Waals surface area contributed by atoms with Crippen molar-refractivity contribution in [2.24, 2.45) is 0 Å². The zero-order valence-electron chi connectivity index (χ0n) is 15.3. The van der Waals surface area contributed by atoms with Crippen molar-refractivity contribution in [1.82, 2.24) is 0 Å². The van der Waals surface area contributed by atoms with E-state index in [1.54, 1.807) is 0 Å². The summed E-state index contributed by atoms with van der Waals surface area (Å²) in [6.45, 7) is 2.67. The first kappa shape index (κ1) is 17.9. The summed E-state index contributed by atoms with van der Waals surface area (Å²) < 4.78 is 0.